The van der Waals surface area contributed by atoms with Crippen LogP contribution in [0.15, 0.2) is 29.3 Å². The topological polar surface area (TPSA) is 71.0 Å². The van der Waals surface area contributed by atoms with Gasteiger partial charge in [-0.3, -0.25) is 4.99 Å². The molecule has 1 saturated heterocycles. The summed E-state index contributed by atoms with van der Waals surface area (Å²) >= 11 is 0. The summed E-state index contributed by atoms with van der Waals surface area (Å²) in [5, 5.41) is 3.37. The molecule has 144 valence electrons. The van der Waals surface area contributed by atoms with E-state index in [1.54, 1.807) is 20.9 Å². The van der Waals surface area contributed by atoms with E-state index in [4.69, 9.17) is 4.74 Å². The highest BCUT2D eigenvalue weighted by molar-refractivity contribution is 7.92. The zero-order chi connectivity index (χ0) is 18.8. The van der Waals surface area contributed by atoms with Gasteiger partial charge >= 0.3 is 0 Å². The largest absolute Gasteiger partial charge is 0.490 e. The molecule has 0 unspecified atom stereocenters. The molecule has 1 aromatic carbocycles. The van der Waals surface area contributed by atoms with Crippen molar-refractivity contribution in [2.75, 3.05) is 25.9 Å². The van der Waals surface area contributed by atoms with E-state index in [0.29, 0.717) is 25.7 Å². The number of aliphatic imine (C=N–C) groups is 1. The van der Waals surface area contributed by atoms with Crippen LogP contribution in [0, 0.1) is 0 Å². The molecule has 7 heteroatoms. The highest BCUT2D eigenvalue weighted by Gasteiger charge is 2.40. The molecule has 1 aliphatic carbocycles. The van der Waals surface area contributed by atoms with Crippen molar-refractivity contribution in [3.63, 3.8) is 0 Å². The zero-order valence-corrected chi connectivity index (χ0v) is 16.7. The van der Waals surface area contributed by atoms with Gasteiger partial charge in [0.1, 0.15) is 5.75 Å². The minimum Gasteiger partial charge on any atom is -0.490 e. The van der Waals surface area contributed by atoms with Gasteiger partial charge in [0.2, 0.25) is 0 Å². The van der Waals surface area contributed by atoms with Gasteiger partial charge in [-0.1, -0.05) is 18.2 Å². The van der Waals surface area contributed by atoms with Gasteiger partial charge in [-0.05, 0) is 39.2 Å². The number of sulfone groups is 1. The molecule has 0 spiro atoms. The fourth-order valence-corrected chi connectivity index (χ4v) is 4.63. The summed E-state index contributed by atoms with van der Waals surface area (Å²) in [5.41, 5.74) is 1.09. The zero-order valence-electron chi connectivity index (χ0n) is 15.9. The second-order valence-electron chi connectivity index (χ2n) is 7.68. The van der Waals surface area contributed by atoms with E-state index in [1.807, 2.05) is 23.1 Å². The molecule has 0 amide bonds. The van der Waals surface area contributed by atoms with Crippen LogP contribution in [0.1, 0.15) is 38.7 Å². The van der Waals surface area contributed by atoms with Crippen LogP contribution in [0.3, 0.4) is 0 Å². The Morgan fingerprint density at radius 3 is 2.69 bits per heavy atom. The molecule has 0 atom stereocenters. The van der Waals surface area contributed by atoms with Crippen LogP contribution in [0.5, 0.6) is 5.75 Å². The highest BCUT2D eigenvalue weighted by Crippen LogP contribution is 2.28. The third-order valence-corrected chi connectivity index (χ3v) is 7.84. The summed E-state index contributed by atoms with van der Waals surface area (Å²) in [4.78, 5) is 6.38. The quantitative estimate of drug-likeness (QED) is 0.641. The molecular formula is C19H29N3O3S. The van der Waals surface area contributed by atoms with Gasteiger partial charge in [-0.2, -0.15) is 0 Å². The van der Waals surface area contributed by atoms with Crippen molar-refractivity contribution < 1.29 is 13.2 Å². The third-order valence-electron chi connectivity index (χ3n) is 5.31. The fraction of sp³-hybridized carbons (Fsp3) is 0.632. The third kappa shape index (κ3) is 3.98. The molecule has 2 aliphatic rings. The van der Waals surface area contributed by atoms with E-state index in [0.717, 1.165) is 30.1 Å². The van der Waals surface area contributed by atoms with Gasteiger partial charge in [0.05, 0.1) is 16.6 Å². The number of para-hydroxylation sites is 1. The summed E-state index contributed by atoms with van der Waals surface area (Å²) in [6, 6.07) is 8.06. The SMILES string of the molecule is CN=C(NCc1ccccc1OC1CCC1)N1CCS(=O)(=O)C(C)(C)C1. The summed E-state index contributed by atoms with van der Waals surface area (Å²) in [6.45, 7) is 5.06. The van der Waals surface area contributed by atoms with E-state index in [1.165, 1.54) is 6.42 Å². The van der Waals surface area contributed by atoms with Gasteiger partial charge in [-0.15, -0.1) is 0 Å². The number of guanidine groups is 1. The lowest BCUT2D eigenvalue weighted by molar-refractivity contribution is 0.119. The molecule has 1 N–H and O–H groups in total. The first-order valence-corrected chi connectivity index (χ1v) is 10.9. The molecule has 1 saturated carbocycles. The van der Waals surface area contributed by atoms with E-state index in [2.05, 4.69) is 16.4 Å². The summed E-state index contributed by atoms with van der Waals surface area (Å²) in [7, 11) is -1.33. The second kappa shape index (κ2) is 7.47. The summed E-state index contributed by atoms with van der Waals surface area (Å²) in [6.07, 6.45) is 3.83. The lowest BCUT2D eigenvalue weighted by atomic mass is 9.96. The molecule has 1 aliphatic heterocycles. The van der Waals surface area contributed by atoms with Gasteiger partial charge in [0.25, 0.3) is 0 Å². The molecule has 0 radical (unpaired) electrons. The van der Waals surface area contributed by atoms with Gasteiger partial charge in [0, 0.05) is 32.2 Å². The Kier molecular flexibility index (Phi) is 5.46. The van der Waals surface area contributed by atoms with Crippen LogP contribution in [-0.4, -0.2) is 56.0 Å². The van der Waals surface area contributed by atoms with Crippen molar-refractivity contribution in [3.05, 3.63) is 29.8 Å². The highest BCUT2D eigenvalue weighted by atomic mass is 32.2. The first-order valence-electron chi connectivity index (χ1n) is 9.25. The van der Waals surface area contributed by atoms with Crippen LogP contribution in [0.25, 0.3) is 0 Å². The second-order valence-corrected chi connectivity index (χ2v) is 10.4. The van der Waals surface area contributed by atoms with Crippen molar-refractivity contribution in [2.45, 2.75) is 50.5 Å². The molecule has 6 nitrogen and oxygen atoms in total. The first-order chi connectivity index (χ1) is 12.3. The van der Waals surface area contributed by atoms with Crippen molar-refractivity contribution in [1.82, 2.24) is 10.2 Å². The van der Waals surface area contributed by atoms with Crippen LogP contribution >= 0.6 is 0 Å². The van der Waals surface area contributed by atoms with Crippen molar-refractivity contribution in [2.24, 2.45) is 4.99 Å². The molecule has 3 rings (SSSR count). The number of benzene rings is 1. The van der Waals surface area contributed by atoms with Crippen LogP contribution in [-0.2, 0) is 16.4 Å². The normalized spacial score (nSPS) is 22.6. The Hall–Kier alpha value is -1.76. The maximum absolute atomic E-state index is 12.2. The number of ether oxygens (including phenoxy) is 1. The monoisotopic (exact) mass is 379 g/mol. The Morgan fingerprint density at radius 2 is 2.08 bits per heavy atom. The Morgan fingerprint density at radius 1 is 1.35 bits per heavy atom. The molecule has 1 aromatic rings. The standard InChI is InChI=1S/C19H29N3O3S/c1-19(2)14-22(11-12-26(19,23)24)18(20-3)21-13-15-7-4-5-10-17(15)25-16-8-6-9-16/h4-5,7,10,16H,6,8-9,11-14H2,1-3H3,(H,20,21). The van der Waals surface area contributed by atoms with Crippen molar-refractivity contribution >= 4 is 15.8 Å². The number of hydrogen-bond donors (Lipinski definition) is 1. The Balaban J connectivity index is 1.65. The lowest BCUT2D eigenvalue weighted by Crippen LogP contribution is -2.57. The molecule has 0 aromatic heterocycles. The molecule has 0 bridgehead atoms. The van der Waals surface area contributed by atoms with E-state index in [9.17, 15) is 8.42 Å². The van der Waals surface area contributed by atoms with Crippen LogP contribution < -0.4 is 10.1 Å². The molecular weight excluding hydrogens is 350 g/mol. The lowest BCUT2D eigenvalue weighted by Gasteiger charge is -2.39. The average molecular weight is 380 g/mol. The average Bonchev–Trinajstić information content (AvgIpc) is 2.56. The molecule has 26 heavy (non-hydrogen) atoms. The number of nitrogens with one attached hydrogen (secondary N) is 1. The summed E-state index contributed by atoms with van der Waals surface area (Å²) in [5.74, 6) is 1.80. The van der Waals surface area contributed by atoms with E-state index < -0.39 is 14.6 Å². The first kappa shape index (κ1) is 19.0. The van der Waals surface area contributed by atoms with E-state index in [-0.39, 0.29) is 5.75 Å². The minimum atomic E-state index is -3.06. The number of rotatable bonds is 4. The minimum absolute atomic E-state index is 0.155. The van der Waals surface area contributed by atoms with E-state index >= 15 is 0 Å². The van der Waals surface area contributed by atoms with Crippen molar-refractivity contribution in [3.8, 4) is 5.75 Å². The molecule has 1 heterocycles. The summed E-state index contributed by atoms with van der Waals surface area (Å²) < 4.78 is 29.7. The van der Waals surface area contributed by atoms with Crippen LogP contribution in [0.4, 0.5) is 0 Å². The molecule has 2 fully saturated rings. The smallest absolute Gasteiger partial charge is 0.193 e. The van der Waals surface area contributed by atoms with Gasteiger partial charge in [0.15, 0.2) is 15.8 Å². The van der Waals surface area contributed by atoms with Crippen molar-refractivity contribution in [1.29, 1.82) is 0 Å². The van der Waals surface area contributed by atoms with Crippen LogP contribution in [0.2, 0.25) is 0 Å². The predicted octanol–water partition coefficient (Wildman–Crippen LogP) is 2.20. The Labute approximate surface area is 156 Å². The number of nitrogens with zero attached hydrogens (tertiary/aromatic N) is 2. The predicted molar refractivity (Wildman–Crippen MR) is 104 cm³/mol. The Bertz CT molecular complexity index is 770. The maximum Gasteiger partial charge on any atom is 0.193 e. The maximum atomic E-state index is 12.2. The van der Waals surface area contributed by atoms with Gasteiger partial charge in [-0.25, -0.2) is 8.42 Å². The fourth-order valence-electron chi connectivity index (χ4n) is 3.26. The number of hydrogen-bond acceptors (Lipinski definition) is 4. The van der Waals surface area contributed by atoms with Gasteiger partial charge < -0.3 is 15.0 Å².